The number of hydrogen-bond acceptors (Lipinski definition) is 15. The molecule has 0 radical (unpaired) electrons. The molecular formula is C58H81N7O12. The molecule has 1 aliphatic rings. The monoisotopic (exact) mass is 1070 g/mol. The number of amides is 4. The van der Waals surface area contributed by atoms with Gasteiger partial charge in [-0.25, -0.2) is 0 Å². The van der Waals surface area contributed by atoms with Gasteiger partial charge in [-0.3, -0.25) is 24.2 Å². The topological polar surface area (TPSA) is 210 Å². The lowest BCUT2D eigenvalue weighted by molar-refractivity contribution is -0.121. The van der Waals surface area contributed by atoms with E-state index in [1.807, 2.05) is 30.3 Å². The average molecular weight is 1070 g/mol. The fraction of sp³-hybridized carbons (Fsp3) is 0.500. The van der Waals surface area contributed by atoms with Gasteiger partial charge in [0.05, 0.1) is 103 Å². The number of aryl methyl sites for hydroxylation is 1. The zero-order valence-electron chi connectivity index (χ0n) is 45.5. The van der Waals surface area contributed by atoms with Crippen LogP contribution in [0.25, 0.3) is 11.3 Å². The number of fused-ring (bicyclic) bond motifs is 1. The molecule has 19 heteroatoms. The first-order valence-electron chi connectivity index (χ1n) is 26.9. The Morgan fingerprint density at radius 3 is 2.03 bits per heavy atom. The largest absolute Gasteiger partial charge is 0.497 e. The summed E-state index contributed by atoms with van der Waals surface area (Å²) in [7, 11) is 3.35. The molecule has 0 bridgehead atoms. The summed E-state index contributed by atoms with van der Waals surface area (Å²) in [4.78, 5) is 61.9. The first-order valence-corrected chi connectivity index (χ1v) is 26.9. The summed E-state index contributed by atoms with van der Waals surface area (Å²) in [6.07, 6.45) is 8.22. The fourth-order valence-electron chi connectivity index (χ4n) is 8.31. The van der Waals surface area contributed by atoms with E-state index in [1.165, 1.54) is 18.1 Å². The Morgan fingerprint density at radius 1 is 0.675 bits per heavy atom. The Balaban J connectivity index is 0.936. The molecule has 0 fully saturated rings. The first kappa shape index (κ1) is 61.4. The highest BCUT2D eigenvalue weighted by molar-refractivity contribution is 6.08. The summed E-state index contributed by atoms with van der Waals surface area (Å²) in [5, 5.41) is 12.5. The Kier molecular flexibility index (Phi) is 29.2. The third-order valence-corrected chi connectivity index (χ3v) is 12.5. The number of rotatable bonds is 39. The molecule has 77 heavy (non-hydrogen) atoms. The van der Waals surface area contributed by atoms with Crippen LogP contribution >= 0.6 is 0 Å². The number of methoxy groups -OCH3 is 1. The van der Waals surface area contributed by atoms with Crippen LogP contribution in [0.4, 0.5) is 11.4 Å². The second-order valence-corrected chi connectivity index (χ2v) is 18.0. The van der Waals surface area contributed by atoms with Crippen molar-refractivity contribution in [3.8, 4) is 11.3 Å². The number of pyridine rings is 1. The van der Waals surface area contributed by atoms with Crippen molar-refractivity contribution in [1.29, 1.82) is 0 Å². The molecule has 420 valence electrons. The maximum absolute atomic E-state index is 13.9. The van der Waals surface area contributed by atoms with Gasteiger partial charge in [0.15, 0.2) is 0 Å². The third kappa shape index (κ3) is 22.6. The highest BCUT2D eigenvalue weighted by Gasteiger charge is 2.23. The smallest absolute Gasteiger partial charge is 0.255 e. The number of carbonyl (C=O) groups excluding carboxylic acids is 4. The van der Waals surface area contributed by atoms with E-state index in [2.05, 4.69) is 57.1 Å². The molecule has 1 aliphatic carbocycles. The third-order valence-electron chi connectivity index (χ3n) is 12.5. The molecule has 0 spiro atoms. The highest BCUT2D eigenvalue weighted by atomic mass is 16.6. The van der Waals surface area contributed by atoms with E-state index in [0.717, 1.165) is 43.6 Å². The normalized spacial score (nSPS) is 13.0. The summed E-state index contributed by atoms with van der Waals surface area (Å²) >= 11 is 0. The van der Waals surface area contributed by atoms with Gasteiger partial charge in [-0.1, -0.05) is 30.3 Å². The van der Waals surface area contributed by atoms with Gasteiger partial charge < -0.3 is 69.0 Å². The Labute approximate surface area is 454 Å². The number of nitrogens with one attached hydrogen (secondary N) is 4. The maximum Gasteiger partial charge on any atom is 0.255 e. The Bertz CT molecular complexity index is 2400. The SMILES string of the molecule is CCN(CC)c1ccc(NC(=O)c2cccc(C(=O)N(C)CCNCCCNC(=O)CCO/C=C/OCCOCCOCCOCCOCCOCCOC)c2)c(-c2cc(C(=O)N[C@H]3CCCc4ccccc43)ccn2)c1. The second kappa shape index (κ2) is 36.6. The van der Waals surface area contributed by atoms with Crippen molar-refractivity contribution >= 4 is 35.0 Å². The minimum atomic E-state index is -0.391. The summed E-state index contributed by atoms with van der Waals surface area (Å²) < 4.78 is 42.7. The fourth-order valence-corrected chi connectivity index (χ4v) is 8.31. The quantitative estimate of drug-likeness (QED) is 0.0280. The molecule has 5 rings (SSSR count). The minimum absolute atomic E-state index is 0.0766. The molecule has 0 aliphatic heterocycles. The van der Waals surface area contributed by atoms with Crippen molar-refractivity contribution in [1.82, 2.24) is 25.8 Å². The molecule has 0 saturated carbocycles. The minimum Gasteiger partial charge on any atom is -0.497 e. The molecule has 1 atom stereocenters. The number of carbonyl (C=O) groups is 4. The van der Waals surface area contributed by atoms with E-state index in [-0.39, 0.29) is 36.8 Å². The Hall–Kier alpha value is -6.45. The number of anilines is 2. The molecule has 19 nitrogen and oxygen atoms in total. The second-order valence-electron chi connectivity index (χ2n) is 18.0. The molecule has 1 heterocycles. The maximum atomic E-state index is 13.9. The van der Waals surface area contributed by atoms with Crippen molar-refractivity contribution in [2.45, 2.75) is 52.0 Å². The zero-order chi connectivity index (χ0) is 54.7. The van der Waals surface area contributed by atoms with E-state index >= 15 is 0 Å². The number of hydrogen-bond donors (Lipinski definition) is 4. The van der Waals surface area contributed by atoms with Crippen LogP contribution < -0.4 is 26.2 Å². The van der Waals surface area contributed by atoms with Crippen LogP contribution in [0.15, 0.2) is 97.6 Å². The van der Waals surface area contributed by atoms with Gasteiger partial charge in [0.25, 0.3) is 17.7 Å². The van der Waals surface area contributed by atoms with Gasteiger partial charge in [-0.2, -0.15) is 0 Å². The first-order chi connectivity index (χ1) is 37.7. The van der Waals surface area contributed by atoms with E-state index in [1.54, 1.807) is 61.7 Å². The van der Waals surface area contributed by atoms with Crippen LogP contribution in [0.1, 0.15) is 87.8 Å². The lowest BCUT2D eigenvalue weighted by Crippen LogP contribution is -2.35. The van der Waals surface area contributed by atoms with Crippen molar-refractivity contribution < 1.29 is 57.1 Å². The molecule has 4 N–H and O–H groups in total. The van der Waals surface area contributed by atoms with Gasteiger partial charge in [0.2, 0.25) is 5.91 Å². The summed E-state index contributed by atoms with van der Waals surface area (Å²) in [6, 6.07) is 24.1. The molecule has 3 aromatic carbocycles. The molecule has 0 saturated heterocycles. The highest BCUT2D eigenvalue weighted by Crippen LogP contribution is 2.33. The lowest BCUT2D eigenvalue weighted by Gasteiger charge is -2.26. The van der Waals surface area contributed by atoms with Crippen LogP contribution in [-0.2, 0) is 49.1 Å². The Morgan fingerprint density at radius 2 is 1.32 bits per heavy atom. The van der Waals surface area contributed by atoms with Crippen LogP contribution in [-0.4, -0.2) is 173 Å². The van der Waals surface area contributed by atoms with Crippen LogP contribution in [0.3, 0.4) is 0 Å². The number of aromatic nitrogens is 1. The van der Waals surface area contributed by atoms with Gasteiger partial charge in [-0.15, -0.1) is 0 Å². The van der Waals surface area contributed by atoms with Gasteiger partial charge in [0, 0.05) is 81.0 Å². The number of likely N-dealkylation sites (N-methyl/N-ethyl adjacent to an activating group) is 1. The summed E-state index contributed by atoms with van der Waals surface area (Å²) in [5.74, 6) is -0.923. The van der Waals surface area contributed by atoms with Crippen LogP contribution in [0, 0.1) is 0 Å². The van der Waals surface area contributed by atoms with Crippen LogP contribution in [0.2, 0.25) is 0 Å². The summed E-state index contributed by atoms with van der Waals surface area (Å²) in [5.41, 5.74) is 6.27. The average Bonchev–Trinajstić information content (AvgIpc) is 3.46. The standard InChI is InChI=1S/C58H81N7O12/c1-5-65(6-2)49-18-19-53(51(44-49)54-43-47(20-24-60-54)57(68)62-52-17-10-13-45-12-7-8-16-50(45)52)63-56(67)46-14-9-15-48(42-46)58(69)64(3)26-25-59-22-11-23-61-55(66)21-27-71-30-31-73-34-35-75-38-39-77-41-40-76-37-36-74-33-32-72-29-28-70-4/h7-9,12,14-16,18-20,24,30-31,42-44,52,59H,5-6,10-11,13,17,21-23,25-29,32-41H2,1-4H3,(H,61,66)(H,62,68)(H,63,67)/b31-30+/t52-/m0/s1. The zero-order valence-corrected chi connectivity index (χ0v) is 45.5. The van der Waals surface area contributed by atoms with Gasteiger partial charge >= 0.3 is 0 Å². The van der Waals surface area contributed by atoms with E-state index < -0.39 is 5.91 Å². The van der Waals surface area contributed by atoms with Gasteiger partial charge in [0.1, 0.15) is 19.1 Å². The molecule has 0 unspecified atom stereocenters. The van der Waals surface area contributed by atoms with E-state index in [0.29, 0.717) is 146 Å². The van der Waals surface area contributed by atoms with Crippen molar-refractivity contribution in [3.63, 3.8) is 0 Å². The van der Waals surface area contributed by atoms with E-state index in [4.69, 9.17) is 37.9 Å². The molecule has 1 aromatic heterocycles. The van der Waals surface area contributed by atoms with Gasteiger partial charge in [-0.05, 0) is 106 Å². The van der Waals surface area contributed by atoms with Crippen molar-refractivity contribution in [2.24, 2.45) is 0 Å². The number of benzene rings is 3. The molecular weight excluding hydrogens is 987 g/mol. The van der Waals surface area contributed by atoms with E-state index in [9.17, 15) is 19.2 Å². The summed E-state index contributed by atoms with van der Waals surface area (Å²) in [6.45, 7) is 13.8. The molecule has 4 aromatic rings. The number of nitrogens with zero attached hydrogens (tertiary/aromatic N) is 3. The van der Waals surface area contributed by atoms with Crippen molar-refractivity contribution in [3.05, 3.63) is 125 Å². The van der Waals surface area contributed by atoms with Crippen molar-refractivity contribution in [2.75, 3.05) is 150 Å². The number of ether oxygens (including phenoxy) is 8. The molecule has 4 amide bonds. The van der Waals surface area contributed by atoms with Crippen LogP contribution in [0.5, 0.6) is 0 Å². The lowest BCUT2D eigenvalue weighted by atomic mass is 9.87. The predicted octanol–water partition coefficient (Wildman–Crippen LogP) is 6.45. The predicted molar refractivity (Wildman–Crippen MR) is 296 cm³/mol.